The molecule has 2 heterocycles. The van der Waals surface area contributed by atoms with Gasteiger partial charge >= 0.3 is 5.97 Å². The molecule has 2 rings (SSSR count). The maximum Gasteiger partial charge on any atom is 0.310 e. The standard InChI is InChI=1S/C18H31N5O2.HI/c1-7-15-13(16(8-2)22(5)21-15)9-20-18(19-4)23-10-12(3)14(11-23)17(24)25-6;/h12,14H,7-11H2,1-6H3,(H,19,20);1H. The molecule has 26 heavy (non-hydrogen) atoms. The van der Waals surface area contributed by atoms with E-state index in [1.807, 2.05) is 11.7 Å². The van der Waals surface area contributed by atoms with Gasteiger partial charge in [-0.3, -0.25) is 14.5 Å². The molecule has 0 amide bonds. The Morgan fingerprint density at radius 2 is 2.04 bits per heavy atom. The van der Waals surface area contributed by atoms with Crippen LogP contribution < -0.4 is 5.32 Å². The first-order valence-corrected chi connectivity index (χ1v) is 9.03. The summed E-state index contributed by atoms with van der Waals surface area (Å²) in [5.41, 5.74) is 3.64. The van der Waals surface area contributed by atoms with E-state index in [0.717, 1.165) is 31.0 Å². The fourth-order valence-corrected chi connectivity index (χ4v) is 3.69. The molecule has 0 aliphatic carbocycles. The van der Waals surface area contributed by atoms with Crippen LogP contribution in [0.3, 0.4) is 0 Å². The van der Waals surface area contributed by atoms with Gasteiger partial charge in [0.2, 0.25) is 0 Å². The highest BCUT2D eigenvalue weighted by atomic mass is 127. The van der Waals surface area contributed by atoms with Crippen molar-refractivity contribution < 1.29 is 9.53 Å². The zero-order valence-electron chi connectivity index (χ0n) is 16.7. The van der Waals surface area contributed by atoms with E-state index in [1.165, 1.54) is 18.4 Å². The smallest absolute Gasteiger partial charge is 0.310 e. The van der Waals surface area contributed by atoms with E-state index < -0.39 is 0 Å². The van der Waals surface area contributed by atoms with Gasteiger partial charge in [0.1, 0.15) is 0 Å². The SMILES string of the molecule is CCc1nn(C)c(CC)c1CNC(=NC)N1CC(C)C(C(=O)OC)C1.I. The first kappa shape index (κ1) is 22.7. The first-order chi connectivity index (χ1) is 12.0. The van der Waals surface area contributed by atoms with Gasteiger partial charge in [-0.1, -0.05) is 20.8 Å². The molecule has 2 unspecified atom stereocenters. The Morgan fingerprint density at radius 1 is 1.35 bits per heavy atom. The predicted octanol–water partition coefficient (Wildman–Crippen LogP) is 1.98. The molecule has 0 saturated carbocycles. The number of ether oxygens (including phenoxy) is 1. The number of guanidine groups is 1. The number of halogens is 1. The molecule has 1 aliphatic rings. The summed E-state index contributed by atoms with van der Waals surface area (Å²) in [6.07, 6.45) is 1.86. The molecule has 0 spiro atoms. The fraction of sp³-hybridized carbons (Fsp3) is 0.722. The molecule has 8 heteroatoms. The van der Waals surface area contributed by atoms with Crippen molar-refractivity contribution in [2.24, 2.45) is 23.9 Å². The van der Waals surface area contributed by atoms with Crippen LogP contribution in [0.15, 0.2) is 4.99 Å². The monoisotopic (exact) mass is 477 g/mol. The van der Waals surface area contributed by atoms with Gasteiger partial charge in [0.25, 0.3) is 0 Å². The molecule has 0 aromatic carbocycles. The number of likely N-dealkylation sites (tertiary alicyclic amines) is 1. The van der Waals surface area contributed by atoms with E-state index in [9.17, 15) is 4.79 Å². The Labute approximate surface area is 173 Å². The highest BCUT2D eigenvalue weighted by Crippen LogP contribution is 2.24. The highest BCUT2D eigenvalue weighted by Gasteiger charge is 2.36. The third kappa shape index (κ3) is 4.69. The highest BCUT2D eigenvalue weighted by molar-refractivity contribution is 14.0. The number of carbonyl (C=O) groups is 1. The third-order valence-corrected chi connectivity index (χ3v) is 5.08. The van der Waals surface area contributed by atoms with E-state index in [0.29, 0.717) is 13.1 Å². The number of nitrogens with zero attached hydrogens (tertiary/aromatic N) is 4. The molecule has 1 saturated heterocycles. The Hall–Kier alpha value is -1.32. The second-order valence-corrected chi connectivity index (χ2v) is 6.62. The molecule has 1 fully saturated rings. The van der Waals surface area contributed by atoms with Gasteiger partial charge < -0.3 is 15.0 Å². The van der Waals surface area contributed by atoms with Crippen molar-refractivity contribution in [1.82, 2.24) is 20.0 Å². The van der Waals surface area contributed by atoms with Gasteiger partial charge in [-0.05, 0) is 18.8 Å². The second-order valence-electron chi connectivity index (χ2n) is 6.62. The summed E-state index contributed by atoms with van der Waals surface area (Å²) in [4.78, 5) is 18.5. The number of esters is 1. The fourth-order valence-electron chi connectivity index (χ4n) is 3.69. The average molecular weight is 477 g/mol. The molecular weight excluding hydrogens is 445 g/mol. The van der Waals surface area contributed by atoms with Crippen LogP contribution in [0, 0.1) is 11.8 Å². The van der Waals surface area contributed by atoms with Crippen molar-refractivity contribution in [2.45, 2.75) is 40.2 Å². The lowest BCUT2D eigenvalue weighted by Crippen LogP contribution is -2.40. The van der Waals surface area contributed by atoms with Crippen molar-refractivity contribution in [3.63, 3.8) is 0 Å². The summed E-state index contributed by atoms with van der Waals surface area (Å²) in [6, 6.07) is 0. The third-order valence-electron chi connectivity index (χ3n) is 5.08. The number of nitrogens with one attached hydrogen (secondary N) is 1. The van der Waals surface area contributed by atoms with Crippen LogP contribution in [0.5, 0.6) is 0 Å². The maximum absolute atomic E-state index is 11.9. The number of methoxy groups -OCH3 is 1. The normalized spacial score (nSPS) is 20.1. The lowest BCUT2D eigenvalue weighted by atomic mass is 9.99. The molecule has 148 valence electrons. The average Bonchev–Trinajstić information content (AvgIpc) is 3.14. The minimum absolute atomic E-state index is 0. The second kappa shape index (κ2) is 10.1. The molecule has 0 bridgehead atoms. The molecule has 1 aromatic rings. The van der Waals surface area contributed by atoms with E-state index in [1.54, 1.807) is 7.05 Å². The number of rotatable bonds is 5. The van der Waals surface area contributed by atoms with Crippen LogP contribution in [0.4, 0.5) is 0 Å². The summed E-state index contributed by atoms with van der Waals surface area (Å²) in [5.74, 6) is 0.839. The molecule has 1 N–H and O–H groups in total. The minimum Gasteiger partial charge on any atom is -0.469 e. The van der Waals surface area contributed by atoms with Crippen LogP contribution in [0.2, 0.25) is 0 Å². The van der Waals surface area contributed by atoms with Crippen molar-refractivity contribution in [3.05, 3.63) is 17.0 Å². The van der Waals surface area contributed by atoms with Crippen LogP contribution in [-0.2, 0) is 36.0 Å². The summed E-state index contributed by atoms with van der Waals surface area (Å²) in [6.45, 7) is 8.50. The Morgan fingerprint density at radius 3 is 2.58 bits per heavy atom. The zero-order valence-corrected chi connectivity index (χ0v) is 19.0. The number of hydrogen-bond acceptors (Lipinski definition) is 4. The van der Waals surface area contributed by atoms with Gasteiger partial charge in [-0.25, -0.2) is 0 Å². The molecular formula is C18H32IN5O2. The maximum atomic E-state index is 11.9. The van der Waals surface area contributed by atoms with Crippen LogP contribution >= 0.6 is 24.0 Å². The molecule has 2 atom stereocenters. The molecule has 0 radical (unpaired) electrons. The zero-order chi connectivity index (χ0) is 18.6. The number of aryl methyl sites for hydroxylation is 2. The van der Waals surface area contributed by atoms with E-state index >= 15 is 0 Å². The predicted molar refractivity (Wildman–Crippen MR) is 114 cm³/mol. The number of aromatic nitrogens is 2. The van der Waals surface area contributed by atoms with Gasteiger partial charge in [-0.15, -0.1) is 24.0 Å². The quantitative estimate of drug-likeness (QED) is 0.304. The molecule has 1 aromatic heterocycles. The summed E-state index contributed by atoms with van der Waals surface area (Å²) >= 11 is 0. The number of hydrogen-bond donors (Lipinski definition) is 1. The topological polar surface area (TPSA) is 71.8 Å². The lowest BCUT2D eigenvalue weighted by molar-refractivity contribution is -0.145. The molecule has 1 aliphatic heterocycles. The van der Waals surface area contributed by atoms with Crippen LogP contribution in [0.1, 0.15) is 37.7 Å². The Balaban J connectivity index is 0.00000338. The Kier molecular flexibility index (Phi) is 8.85. The largest absolute Gasteiger partial charge is 0.469 e. The number of aliphatic imine (C=N–C) groups is 1. The summed E-state index contributed by atoms with van der Waals surface area (Å²) in [7, 11) is 5.23. The number of carbonyl (C=O) groups excluding carboxylic acids is 1. The van der Waals surface area contributed by atoms with Crippen LogP contribution in [-0.4, -0.2) is 53.9 Å². The van der Waals surface area contributed by atoms with E-state index in [2.05, 4.69) is 41.1 Å². The van der Waals surface area contributed by atoms with E-state index in [4.69, 9.17) is 4.74 Å². The summed E-state index contributed by atoms with van der Waals surface area (Å²) < 4.78 is 6.90. The summed E-state index contributed by atoms with van der Waals surface area (Å²) in [5, 5.41) is 8.08. The minimum atomic E-state index is -0.140. The molecule has 7 nitrogen and oxygen atoms in total. The Bertz CT molecular complexity index is 644. The van der Waals surface area contributed by atoms with Crippen LogP contribution in [0.25, 0.3) is 0 Å². The van der Waals surface area contributed by atoms with Gasteiger partial charge in [0, 0.05) is 45.0 Å². The van der Waals surface area contributed by atoms with Crippen molar-refractivity contribution in [1.29, 1.82) is 0 Å². The van der Waals surface area contributed by atoms with Crippen molar-refractivity contribution in [3.8, 4) is 0 Å². The van der Waals surface area contributed by atoms with Gasteiger partial charge in [0.15, 0.2) is 5.96 Å². The van der Waals surface area contributed by atoms with Crippen molar-refractivity contribution in [2.75, 3.05) is 27.2 Å². The first-order valence-electron chi connectivity index (χ1n) is 9.03. The van der Waals surface area contributed by atoms with E-state index in [-0.39, 0.29) is 41.8 Å². The van der Waals surface area contributed by atoms with Crippen molar-refractivity contribution >= 4 is 35.9 Å². The van der Waals surface area contributed by atoms with Gasteiger partial charge in [-0.2, -0.15) is 5.10 Å². The lowest BCUT2D eigenvalue weighted by Gasteiger charge is -2.21. The van der Waals surface area contributed by atoms with Gasteiger partial charge in [0.05, 0.1) is 18.7 Å².